The summed E-state index contributed by atoms with van der Waals surface area (Å²) >= 11 is 0. The van der Waals surface area contributed by atoms with Crippen LogP contribution in [0, 0.1) is 0 Å². The molecule has 0 aromatic carbocycles. The first-order chi connectivity index (χ1) is 3.12. The first kappa shape index (κ1) is 7.31. The second-order valence-electron chi connectivity index (χ2n) is 2.03. The summed E-state index contributed by atoms with van der Waals surface area (Å²) in [6, 6.07) is 0. The Hall–Kier alpha value is 0.310. The minimum Gasteiger partial charge on any atom is -0.284 e. The van der Waals surface area contributed by atoms with Crippen LogP contribution in [0.25, 0.3) is 0 Å². The summed E-state index contributed by atoms with van der Waals surface area (Å²) in [4.78, 5) is 0. The second kappa shape index (κ2) is 2.58. The van der Waals surface area contributed by atoms with Gasteiger partial charge in [0.05, 0.1) is 0 Å². The molecule has 46 valence electrons. The van der Waals surface area contributed by atoms with E-state index < -0.39 is 10.2 Å². The van der Waals surface area contributed by atoms with Gasteiger partial charge in [0.1, 0.15) is 0 Å². The molecule has 2 heteroatoms. The number of hydrogen-bond acceptors (Lipinski definition) is 1. The van der Waals surface area contributed by atoms with E-state index in [4.69, 9.17) is 0 Å². The largest absolute Gasteiger partial charge is 0.284 e. The molecule has 0 atom stereocenters. The highest BCUT2D eigenvalue weighted by Crippen LogP contribution is 2.31. The van der Waals surface area contributed by atoms with Gasteiger partial charge in [0.15, 0.2) is 0 Å². The summed E-state index contributed by atoms with van der Waals surface area (Å²) in [6.07, 6.45) is 4.54. The first-order valence-corrected chi connectivity index (χ1v) is 5.13. The molecular weight excluding hydrogens is 106 g/mol. The van der Waals surface area contributed by atoms with Gasteiger partial charge in [-0.25, -0.2) is 0 Å². The van der Waals surface area contributed by atoms with Gasteiger partial charge in [-0.3, -0.25) is 4.72 Å². The summed E-state index contributed by atoms with van der Waals surface area (Å²) in [5.41, 5.74) is 0. The van der Waals surface area contributed by atoms with Crippen molar-refractivity contribution in [3.63, 3.8) is 0 Å². The van der Waals surface area contributed by atoms with Crippen molar-refractivity contribution in [2.24, 2.45) is 0 Å². The highest BCUT2D eigenvalue weighted by Gasteiger charge is 2.01. The van der Waals surface area contributed by atoms with Crippen LogP contribution in [-0.4, -0.2) is 25.3 Å². The lowest BCUT2D eigenvalue weighted by Gasteiger charge is -2.28. The summed E-state index contributed by atoms with van der Waals surface area (Å²) in [6.45, 7) is 2.21. The van der Waals surface area contributed by atoms with Crippen LogP contribution < -0.4 is 4.72 Å². The first-order valence-electron chi connectivity index (χ1n) is 2.52. The Labute approximate surface area is 47.9 Å². The Morgan fingerprint density at radius 3 is 1.86 bits per heavy atom. The van der Waals surface area contributed by atoms with Crippen molar-refractivity contribution in [2.45, 2.75) is 6.92 Å². The molecule has 0 aromatic rings. The summed E-state index contributed by atoms with van der Waals surface area (Å²) in [7, 11) is 1.62. The van der Waals surface area contributed by atoms with E-state index in [0.717, 1.165) is 0 Å². The molecule has 0 aromatic heterocycles. The third kappa shape index (κ3) is 2.94. The number of hydrogen-bond donors (Lipinski definition) is 1. The van der Waals surface area contributed by atoms with E-state index in [1.165, 1.54) is 5.75 Å². The zero-order valence-corrected chi connectivity index (χ0v) is 6.43. The van der Waals surface area contributed by atoms with E-state index in [1.807, 2.05) is 7.05 Å². The van der Waals surface area contributed by atoms with Crippen molar-refractivity contribution in [1.29, 1.82) is 0 Å². The van der Waals surface area contributed by atoms with E-state index in [1.54, 1.807) is 0 Å². The van der Waals surface area contributed by atoms with Gasteiger partial charge < -0.3 is 0 Å². The van der Waals surface area contributed by atoms with Crippen LogP contribution in [0.2, 0.25) is 0 Å². The van der Waals surface area contributed by atoms with Gasteiger partial charge in [-0.1, -0.05) is 6.92 Å². The Bertz CT molecular complexity index is 46.0. The van der Waals surface area contributed by atoms with Crippen LogP contribution in [0.5, 0.6) is 0 Å². The van der Waals surface area contributed by atoms with Gasteiger partial charge in [-0.05, 0) is 25.3 Å². The lowest BCUT2D eigenvalue weighted by Crippen LogP contribution is -2.14. The highest BCUT2D eigenvalue weighted by molar-refractivity contribution is 8.31. The molecule has 0 aliphatic carbocycles. The quantitative estimate of drug-likeness (QED) is 0.579. The van der Waals surface area contributed by atoms with Gasteiger partial charge in [0.25, 0.3) is 0 Å². The standard InChI is InChI=1S/C5H15NS/c1-5-7(3,4)6-2/h6H,5H2,1-4H3. The van der Waals surface area contributed by atoms with Crippen molar-refractivity contribution in [3.8, 4) is 0 Å². The minimum absolute atomic E-state index is 0.407. The number of rotatable bonds is 2. The molecule has 0 bridgehead atoms. The van der Waals surface area contributed by atoms with Crippen LogP contribution in [0.4, 0.5) is 0 Å². The monoisotopic (exact) mass is 121 g/mol. The molecule has 0 spiro atoms. The molecule has 0 aliphatic heterocycles. The maximum Gasteiger partial charge on any atom is -0.00715 e. The van der Waals surface area contributed by atoms with Crippen LogP contribution in [0.1, 0.15) is 6.92 Å². The Kier molecular flexibility index (Phi) is 2.69. The van der Waals surface area contributed by atoms with E-state index in [-0.39, 0.29) is 0 Å². The van der Waals surface area contributed by atoms with Crippen LogP contribution >= 0.6 is 10.2 Å². The molecule has 1 nitrogen and oxygen atoms in total. The maximum atomic E-state index is 3.27. The molecule has 0 saturated carbocycles. The molecule has 0 radical (unpaired) electrons. The molecule has 0 rings (SSSR count). The lowest BCUT2D eigenvalue weighted by molar-refractivity contribution is 1.24. The number of nitrogens with one attached hydrogen (secondary N) is 1. The van der Waals surface area contributed by atoms with E-state index in [2.05, 4.69) is 24.2 Å². The van der Waals surface area contributed by atoms with E-state index in [9.17, 15) is 0 Å². The molecule has 0 unspecified atom stereocenters. The van der Waals surface area contributed by atoms with Crippen LogP contribution in [0.3, 0.4) is 0 Å². The van der Waals surface area contributed by atoms with E-state index >= 15 is 0 Å². The van der Waals surface area contributed by atoms with E-state index in [0.29, 0.717) is 0 Å². The van der Waals surface area contributed by atoms with Gasteiger partial charge in [-0.15, -0.1) is 0 Å². The molecule has 0 fully saturated rings. The molecule has 1 N–H and O–H groups in total. The summed E-state index contributed by atoms with van der Waals surface area (Å²) < 4.78 is 3.27. The Morgan fingerprint density at radius 1 is 1.43 bits per heavy atom. The predicted molar refractivity (Wildman–Crippen MR) is 39.0 cm³/mol. The maximum absolute atomic E-state index is 3.27. The molecule has 0 aliphatic rings. The SMILES string of the molecule is CCS(C)(C)NC. The minimum atomic E-state index is -0.407. The van der Waals surface area contributed by atoms with Gasteiger partial charge in [0, 0.05) is 0 Å². The van der Waals surface area contributed by atoms with Gasteiger partial charge in [0.2, 0.25) is 0 Å². The predicted octanol–water partition coefficient (Wildman–Crippen LogP) is 1.20. The van der Waals surface area contributed by atoms with Crippen molar-refractivity contribution in [1.82, 2.24) is 4.72 Å². The average Bonchev–Trinajstić information content (AvgIpc) is 1.68. The fraction of sp³-hybridized carbons (Fsp3) is 1.00. The van der Waals surface area contributed by atoms with Crippen LogP contribution in [0.15, 0.2) is 0 Å². The highest BCUT2D eigenvalue weighted by atomic mass is 32.3. The van der Waals surface area contributed by atoms with Crippen molar-refractivity contribution in [2.75, 3.05) is 25.3 Å². The average molecular weight is 121 g/mol. The smallest absolute Gasteiger partial charge is 0.00715 e. The molecular formula is C5H15NS. The Balaban J connectivity index is 3.36. The summed E-state index contributed by atoms with van der Waals surface area (Å²) in [5.74, 6) is 1.27. The zero-order chi connectivity index (χ0) is 5.91. The fourth-order valence-corrected chi connectivity index (χ4v) is 0.433. The van der Waals surface area contributed by atoms with Crippen molar-refractivity contribution in [3.05, 3.63) is 0 Å². The van der Waals surface area contributed by atoms with Gasteiger partial charge >= 0.3 is 0 Å². The van der Waals surface area contributed by atoms with Crippen LogP contribution in [-0.2, 0) is 0 Å². The van der Waals surface area contributed by atoms with Crippen molar-refractivity contribution < 1.29 is 0 Å². The molecule has 0 heterocycles. The normalized spacial score (nSPS) is 14.3. The fourth-order valence-electron chi connectivity index (χ4n) is 0.144. The molecule has 0 amide bonds. The lowest BCUT2D eigenvalue weighted by atomic mass is 11.0. The molecule has 0 saturated heterocycles. The third-order valence-corrected chi connectivity index (χ3v) is 3.82. The second-order valence-corrected chi connectivity index (χ2v) is 6.09. The van der Waals surface area contributed by atoms with Gasteiger partial charge in [-0.2, -0.15) is 10.2 Å². The molecule has 7 heavy (non-hydrogen) atoms. The third-order valence-electron chi connectivity index (χ3n) is 1.27. The van der Waals surface area contributed by atoms with Crippen molar-refractivity contribution >= 4 is 10.2 Å². The Morgan fingerprint density at radius 2 is 1.86 bits per heavy atom. The summed E-state index contributed by atoms with van der Waals surface area (Å²) in [5, 5.41) is 0. The zero-order valence-electron chi connectivity index (χ0n) is 5.62. The topological polar surface area (TPSA) is 12.0 Å².